The highest BCUT2D eigenvalue weighted by atomic mass is 16.6. The molecule has 3 amide bonds. The van der Waals surface area contributed by atoms with Gasteiger partial charge < -0.3 is 30.7 Å². The molecule has 3 aromatic rings. The van der Waals surface area contributed by atoms with Gasteiger partial charge >= 0.3 is 12.1 Å². The van der Waals surface area contributed by atoms with Gasteiger partial charge in [0, 0.05) is 24.6 Å². The summed E-state index contributed by atoms with van der Waals surface area (Å²) in [5.41, 5.74) is 1.80. The summed E-state index contributed by atoms with van der Waals surface area (Å²) in [7, 11) is 1.36. The summed E-state index contributed by atoms with van der Waals surface area (Å²) < 4.78 is 5.41. The number of phenolic OH excluding ortho intramolecular Hbond substituents is 2. The molecule has 4 bridgehead atoms. The zero-order valence-electron chi connectivity index (χ0n) is 21.8. The second-order valence-corrected chi connectivity index (χ2v) is 9.52. The SMILES string of the molecule is C[C@@H]1NC(=O)[C@@H](N(C)C(=O)OCc2ccccc2)c2ccc(O)c(c2)-c2cc(ccc2O)C[C@@H](C(=O)O)NC1=O. The predicted octanol–water partition coefficient (Wildman–Crippen LogP) is 2.70. The zero-order valence-corrected chi connectivity index (χ0v) is 21.8. The highest BCUT2D eigenvalue weighted by Crippen LogP contribution is 2.38. The van der Waals surface area contributed by atoms with Gasteiger partial charge in [0.25, 0.3) is 0 Å². The van der Waals surface area contributed by atoms with E-state index in [1.54, 1.807) is 24.3 Å². The maximum absolute atomic E-state index is 13.5. The molecule has 1 heterocycles. The number of amides is 3. The molecule has 3 aromatic carbocycles. The van der Waals surface area contributed by atoms with Gasteiger partial charge in [-0.25, -0.2) is 9.59 Å². The van der Waals surface area contributed by atoms with Gasteiger partial charge in [0.1, 0.15) is 36.2 Å². The average molecular weight is 548 g/mol. The van der Waals surface area contributed by atoms with Crippen LogP contribution in [-0.4, -0.2) is 63.2 Å². The normalized spacial score (nSPS) is 19.0. The van der Waals surface area contributed by atoms with Crippen molar-refractivity contribution in [3.63, 3.8) is 0 Å². The second-order valence-electron chi connectivity index (χ2n) is 9.52. The van der Waals surface area contributed by atoms with Crippen LogP contribution < -0.4 is 10.6 Å². The number of nitrogens with one attached hydrogen (secondary N) is 2. The summed E-state index contributed by atoms with van der Waals surface area (Å²) in [5.74, 6) is -3.20. The number of ether oxygens (including phenoxy) is 1. The van der Waals surface area contributed by atoms with E-state index in [9.17, 15) is 34.5 Å². The fourth-order valence-electron chi connectivity index (χ4n) is 4.43. The van der Waals surface area contributed by atoms with Crippen LogP contribution >= 0.6 is 0 Å². The molecule has 0 fully saturated rings. The molecule has 0 unspecified atom stereocenters. The molecule has 1 aliphatic heterocycles. The molecule has 0 aliphatic carbocycles. The minimum absolute atomic E-state index is 0.0464. The van der Waals surface area contributed by atoms with E-state index >= 15 is 0 Å². The van der Waals surface area contributed by atoms with Gasteiger partial charge in [0.15, 0.2) is 0 Å². The smallest absolute Gasteiger partial charge is 0.410 e. The summed E-state index contributed by atoms with van der Waals surface area (Å²) >= 11 is 0. The van der Waals surface area contributed by atoms with Gasteiger partial charge in [-0.2, -0.15) is 0 Å². The Labute approximate surface area is 230 Å². The van der Waals surface area contributed by atoms with E-state index < -0.39 is 42.0 Å². The molecule has 208 valence electrons. The van der Waals surface area contributed by atoms with Crippen molar-refractivity contribution in [2.24, 2.45) is 0 Å². The summed E-state index contributed by atoms with van der Waals surface area (Å²) in [6, 6.07) is 13.7. The highest BCUT2D eigenvalue weighted by Gasteiger charge is 2.33. The fraction of sp³-hybridized carbons (Fsp3) is 0.241. The standard InChI is InChI=1S/C29H29N3O8/c1-16-26(35)31-22(28(37)38)13-18-8-10-23(33)20(12-18)21-14-19(9-11-24(21)34)25(27(36)30-16)32(2)29(39)40-15-17-6-4-3-5-7-17/h3-12,14,16,22,25,33-34H,13,15H2,1-2H3,(H,30,36)(H,31,35)(H,37,38)/t16-,22-,25-/m0/s1. The first-order valence-electron chi connectivity index (χ1n) is 12.5. The van der Waals surface area contributed by atoms with E-state index in [1.807, 2.05) is 6.07 Å². The van der Waals surface area contributed by atoms with Crippen LogP contribution in [0.5, 0.6) is 11.5 Å². The van der Waals surface area contributed by atoms with Gasteiger partial charge in [0.05, 0.1) is 0 Å². The van der Waals surface area contributed by atoms with Crippen LogP contribution in [0, 0.1) is 0 Å². The molecule has 3 atom stereocenters. The molecule has 11 nitrogen and oxygen atoms in total. The molecule has 11 heteroatoms. The van der Waals surface area contributed by atoms with Crippen LogP contribution in [-0.2, 0) is 32.1 Å². The van der Waals surface area contributed by atoms with Gasteiger partial charge in [-0.05, 0) is 47.9 Å². The summed E-state index contributed by atoms with van der Waals surface area (Å²) in [4.78, 5) is 52.4. The van der Waals surface area contributed by atoms with Crippen molar-refractivity contribution in [1.82, 2.24) is 15.5 Å². The van der Waals surface area contributed by atoms with E-state index in [-0.39, 0.29) is 41.2 Å². The molecule has 0 spiro atoms. The Morgan fingerprint density at radius 1 is 0.925 bits per heavy atom. The summed E-state index contributed by atoms with van der Waals surface area (Å²) in [6.07, 6.45) is -0.943. The van der Waals surface area contributed by atoms with E-state index in [4.69, 9.17) is 4.74 Å². The van der Waals surface area contributed by atoms with Crippen LogP contribution in [0.25, 0.3) is 11.1 Å². The number of carbonyl (C=O) groups excluding carboxylic acids is 3. The maximum Gasteiger partial charge on any atom is 0.410 e. The van der Waals surface area contributed by atoms with Crippen LogP contribution in [0.4, 0.5) is 4.79 Å². The number of carboxylic acids is 1. The Morgan fingerprint density at radius 2 is 1.57 bits per heavy atom. The van der Waals surface area contributed by atoms with Crippen molar-refractivity contribution in [3.05, 3.63) is 83.4 Å². The van der Waals surface area contributed by atoms with E-state index in [0.29, 0.717) is 5.56 Å². The van der Waals surface area contributed by atoms with Crippen molar-refractivity contribution < 1.29 is 39.2 Å². The Bertz CT molecular complexity index is 1440. The average Bonchev–Trinajstić information content (AvgIpc) is 2.93. The Morgan fingerprint density at radius 3 is 2.25 bits per heavy atom. The number of rotatable bonds is 4. The van der Waals surface area contributed by atoms with Crippen LogP contribution in [0.1, 0.15) is 29.7 Å². The van der Waals surface area contributed by atoms with Gasteiger partial charge in [-0.3, -0.25) is 14.5 Å². The van der Waals surface area contributed by atoms with Crippen LogP contribution in [0.3, 0.4) is 0 Å². The first-order valence-corrected chi connectivity index (χ1v) is 12.5. The molecule has 5 N–H and O–H groups in total. The molecule has 1 aliphatic rings. The Balaban J connectivity index is 1.78. The Kier molecular flexibility index (Phi) is 8.23. The number of fused-ring (bicyclic) bond motifs is 5. The number of aromatic hydroxyl groups is 2. The molecule has 0 radical (unpaired) electrons. The predicted molar refractivity (Wildman–Crippen MR) is 143 cm³/mol. The molecule has 40 heavy (non-hydrogen) atoms. The van der Waals surface area contributed by atoms with Gasteiger partial charge in [-0.15, -0.1) is 0 Å². The van der Waals surface area contributed by atoms with E-state index in [2.05, 4.69) is 10.6 Å². The molecular weight excluding hydrogens is 518 g/mol. The summed E-state index contributed by atoms with van der Waals surface area (Å²) in [5, 5.41) is 35.9. The first kappa shape index (κ1) is 28.0. The number of nitrogens with zero attached hydrogens (tertiary/aromatic N) is 1. The third-order valence-corrected chi connectivity index (χ3v) is 6.62. The summed E-state index contributed by atoms with van der Waals surface area (Å²) in [6.45, 7) is 1.35. The van der Waals surface area contributed by atoms with Crippen molar-refractivity contribution in [3.8, 4) is 22.6 Å². The largest absolute Gasteiger partial charge is 0.507 e. The fourth-order valence-corrected chi connectivity index (χ4v) is 4.43. The monoisotopic (exact) mass is 547 g/mol. The second kappa shape index (κ2) is 11.8. The lowest BCUT2D eigenvalue weighted by molar-refractivity contribution is -0.142. The lowest BCUT2D eigenvalue weighted by Crippen LogP contribution is -2.53. The lowest BCUT2D eigenvalue weighted by atomic mass is 9.94. The van der Waals surface area contributed by atoms with Crippen LogP contribution in [0.15, 0.2) is 66.7 Å². The molecule has 0 saturated heterocycles. The topological polar surface area (TPSA) is 166 Å². The van der Waals surface area contributed by atoms with E-state index in [0.717, 1.165) is 10.5 Å². The first-order chi connectivity index (χ1) is 19.0. The van der Waals surface area contributed by atoms with Crippen molar-refractivity contribution in [1.29, 1.82) is 0 Å². The highest BCUT2D eigenvalue weighted by molar-refractivity contribution is 5.93. The number of hydrogen-bond donors (Lipinski definition) is 5. The van der Waals surface area contributed by atoms with Crippen LogP contribution in [0.2, 0.25) is 0 Å². The third-order valence-electron chi connectivity index (χ3n) is 6.62. The number of benzene rings is 3. The quantitative estimate of drug-likeness (QED) is 0.333. The maximum atomic E-state index is 13.5. The minimum atomic E-state index is -1.33. The number of carboxylic acid groups (broad SMARTS) is 1. The third kappa shape index (κ3) is 6.15. The molecule has 0 aromatic heterocycles. The van der Waals surface area contributed by atoms with Crippen molar-refractivity contribution in [2.75, 3.05) is 7.05 Å². The van der Waals surface area contributed by atoms with Gasteiger partial charge in [0.2, 0.25) is 11.8 Å². The number of aliphatic carboxylic acids is 1. The van der Waals surface area contributed by atoms with Gasteiger partial charge in [-0.1, -0.05) is 42.5 Å². The van der Waals surface area contributed by atoms with Crippen molar-refractivity contribution in [2.45, 2.75) is 38.1 Å². The number of carbonyl (C=O) groups is 4. The number of likely N-dealkylation sites (N-methyl/N-ethyl adjacent to an activating group) is 1. The lowest BCUT2D eigenvalue weighted by Gasteiger charge is -2.29. The molecule has 0 saturated carbocycles. The zero-order chi connectivity index (χ0) is 29.0. The molecule has 4 rings (SSSR count). The van der Waals surface area contributed by atoms with Crippen molar-refractivity contribution >= 4 is 23.9 Å². The number of phenols is 2. The minimum Gasteiger partial charge on any atom is -0.507 e. The molecular formula is C29H29N3O8. The number of hydrogen-bond acceptors (Lipinski definition) is 7. The Hall–Kier alpha value is -5.06. The van der Waals surface area contributed by atoms with E-state index in [1.165, 1.54) is 50.4 Å².